The average molecular weight is 362 g/mol. The molecule has 1 rings (SSSR count). The Labute approximate surface area is 161 Å². The topological polar surface area (TPSA) is 36.5 Å². The minimum atomic E-state index is 0.667. The molecule has 1 aromatic rings. The van der Waals surface area contributed by atoms with Gasteiger partial charge in [-0.05, 0) is 19.4 Å². The molecule has 0 bridgehead atoms. The minimum absolute atomic E-state index is 0.667. The second kappa shape index (κ2) is 15.8. The number of pyridine rings is 1. The molecule has 0 aliphatic heterocycles. The number of rotatable bonds is 16. The summed E-state index contributed by atoms with van der Waals surface area (Å²) in [6, 6.07) is 4.00. The number of oxime groups is 1. The van der Waals surface area contributed by atoms with Gasteiger partial charge in [0.25, 0.3) is 0 Å². The van der Waals surface area contributed by atoms with Crippen LogP contribution in [0.4, 0.5) is 0 Å². The van der Waals surface area contributed by atoms with Gasteiger partial charge in [-0.25, -0.2) is 4.57 Å². The van der Waals surface area contributed by atoms with Gasteiger partial charge in [-0.3, -0.25) is 0 Å². The Morgan fingerprint density at radius 2 is 1.35 bits per heavy atom. The lowest BCUT2D eigenvalue weighted by Gasteiger charge is -2.03. The summed E-state index contributed by atoms with van der Waals surface area (Å²) in [5, 5.41) is 12.1. The fourth-order valence-electron chi connectivity index (χ4n) is 3.42. The monoisotopic (exact) mass is 361 g/mol. The molecule has 3 heteroatoms. The first-order valence-corrected chi connectivity index (χ1v) is 11.0. The molecule has 0 atom stereocenters. The quantitative estimate of drug-likeness (QED) is 0.115. The summed E-state index contributed by atoms with van der Waals surface area (Å²) in [4.78, 5) is 0. The van der Waals surface area contributed by atoms with Crippen LogP contribution in [0.15, 0.2) is 29.7 Å². The lowest BCUT2D eigenvalue weighted by molar-refractivity contribution is -0.697. The summed E-state index contributed by atoms with van der Waals surface area (Å²) in [7, 11) is 0. The van der Waals surface area contributed by atoms with E-state index in [9.17, 15) is 0 Å². The van der Waals surface area contributed by atoms with E-state index in [0.717, 1.165) is 12.1 Å². The van der Waals surface area contributed by atoms with Crippen molar-refractivity contribution in [1.82, 2.24) is 0 Å². The third-order valence-electron chi connectivity index (χ3n) is 5.20. The molecule has 0 aliphatic rings. The van der Waals surface area contributed by atoms with Crippen LogP contribution in [0.5, 0.6) is 0 Å². The van der Waals surface area contributed by atoms with Crippen molar-refractivity contribution in [2.75, 3.05) is 0 Å². The van der Waals surface area contributed by atoms with Crippen LogP contribution in [-0.4, -0.2) is 10.9 Å². The lowest BCUT2D eigenvalue weighted by Crippen LogP contribution is -2.33. The molecule has 148 valence electrons. The van der Waals surface area contributed by atoms with Gasteiger partial charge >= 0.3 is 0 Å². The number of aryl methyl sites for hydroxylation is 1. The van der Waals surface area contributed by atoms with Gasteiger partial charge in [0, 0.05) is 12.5 Å². The molecular weight excluding hydrogens is 320 g/mol. The van der Waals surface area contributed by atoms with E-state index in [1.165, 1.54) is 89.9 Å². The standard InChI is InChI=1S/C23H40N2O/c1-3-4-5-6-7-8-9-10-11-12-13-14-15-16-19-25-20-17-18-23(21-25)22(2)24-26/h17-18,20-21H,3-16,19H2,1-2H3/p+1. The third-order valence-corrected chi connectivity index (χ3v) is 5.20. The molecule has 0 unspecified atom stereocenters. The average Bonchev–Trinajstić information content (AvgIpc) is 2.68. The van der Waals surface area contributed by atoms with E-state index in [1.54, 1.807) is 0 Å². The SMILES string of the molecule is CCCCCCCCCCCCCCCC[n+]1cccc(C(C)=NO)c1. The van der Waals surface area contributed by atoms with Crippen molar-refractivity contribution in [2.45, 2.75) is 110 Å². The highest BCUT2D eigenvalue weighted by Gasteiger charge is 2.05. The third kappa shape index (κ3) is 11.3. The first-order chi connectivity index (χ1) is 12.8. The maximum absolute atomic E-state index is 8.87. The Balaban J connectivity index is 1.92. The smallest absolute Gasteiger partial charge is 0.177 e. The summed E-state index contributed by atoms with van der Waals surface area (Å²) in [6.07, 6.45) is 23.7. The van der Waals surface area contributed by atoms with Crippen molar-refractivity contribution in [3.63, 3.8) is 0 Å². The molecule has 0 saturated heterocycles. The molecule has 0 radical (unpaired) electrons. The molecule has 0 spiro atoms. The van der Waals surface area contributed by atoms with Crippen LogP contribution < -0.4 is 4.57 Å². The normalized spacial score (nSPS) is 11.8. The fraction of sp³-hybridized carbons (Fsp3) is 0.739. The second-order valence-corrected chi connectivity index (χ2v) is 7.61. The molecule has 0 aromatic carbocycles. The van der Waals surface area contributed by atoms with Gasteiger partial charge < -0.3 is 5.21 Å². The van der Waals surface area contributed by atoms with E-state index in [2.05, 4.69) is 29.0 Å². The predicted molar refractivity (Wildman–Crippen MR) is 111 cm³/mol. The van der Waals surface area contributed by atoms with Crippen LogP contribution >= 0.6 is 0 Å². The van der Waals surface area contributed by atoms with Gasteiger partial charge in [-0.2, -0.15) is 0 Å². The van der Waals surface area contributed by atoms with E-state index in [-0.39, 0.29) is 0 Å². The zero-order chi connectivity index (χ0) is 18.9. The summed E-state index contributed by atoms with van der Waals surface area (Å²) in [5.41, 5.74) is 1.65. The van der Waals surface area contributed by atoms with Gasteiger partial charge in [-0.1, -0.05) is 89.1 Å². The van der Waals surface area contributed by atoms with Crippen LogP contribution in [0, 0.1) is 0 Å². The highest BCUT2D eigenvalue weighted by Crippen LogP contribution is 2.12. The van der Waals surface area contributed by atoms with Crippen LogP contribution in [0.3, 0.4) is 0 Å². The Hall–Kier alpha value is -1.38. The Morgan fingerprint density at radius 3 is 1.85 bits per heavy atom. The second-order valence-electron chi connectivity index (χ2n) is 7.61. The zero-order valence-electron chi connectivity index (χ0n) is 17.3. The van der Waals surface area contributed by atoms with Gasteiger partial charge in [0.15, 0.2) is 12.4 Å². The number of aromatic nitrogens is 1. The highest BCUT2D eigenvalue weighted by atomic mass is 16.4. The molecule has 0 fully saturated rings. The Kier molecular flexibility index (Phi) is 13.8. The summed E-state index contributed by atoms with van der Waals surface area (Å²) in [6.45, 7) is 5.16. The molecule has 3 nitrogen and oxygen atoms in total. The van der Waals surface area contributed by atoms with Crippen molar-refractivity contribution >= 4 is 5.71 Å². The molecule has 0 saturated carbocycles. The Bertz CT molecular complexity index is 485. The largest absolute Gasteiger partial charge is 0.411 e. The minimum Gasteiger partial charge on any atom is -0.411 e. The maximum atomic E-state index is 8.87. The van der Waals surface area contributed by atoms with Gasteiger partial charge in [-0.15, -0.1) is 0 Å². The summed E-state index contributed by atoms with van der Waals surface area (Å²) < 4.78 is 2.20. The molecule has 0 aliphatic carbocycles. The van der Waals surface area contributed by atoms with Crippen molar-refractivity contribution < 1.29 is 9.77 Å². The number of unbranched alkanes of at least 4 members (excludes halogenated alkanes) is 13. The van der Waals surface area contributed by atoms with Gasteiger partial charge in [0.05, 0.1) is 11.3 Å². The van der Waals surface area contributed by atoms with E-state index >= 15 is 0 Å². The molecule has 26 heavy (non-hydrogen) atoms. The lowest BCUT2D eigenvalue weighted by atomic mass is 10.0. The van der Waals surface area contributed by atoms with Crippen LogP contribution in [0.1, 0.15) is 109 Å². The fourth-order valence-corrected chi connectivity index (χ4v) is 3.42. The molecular formula is C23H41N2O+. The summed E-state index contributed by atoms with van der Waals surface area (Å²) in [5.74, 6) is 0. The number of nitrogens with zero attached hydrogens (tertiary/aromatic N) is 2. The van der Waals surface area contributed by atoms with Gasteiger partial charge in [0.2, 0.25) is 0 Å². The zero-order valence-corrected chi connectivity index (χ0v) is 17.3. The molecule has 1 N–H and O–H groups in total. The maximum Gasteiger partial charge on any atom is 0.177 e. The molecule has 1 heterocycles. The van der Waals surface area contributed by atoms with Crippen LogP contribution in [-0.2, 0) is 6.54 Å². The molecule has 0 amide bonds. The van der Waals surface area contributed by atoms with E-state index in [0.29, 0.717) is 5.71 Å². The van der Waals surface area contributed by atoms with Crippen LogP contribution in [0.25, 0.3) is 0 Å². The number of hydrogen-bond donors (Lipinski definition) is 1. The molecule has 1 aromatic heterocycles. The van der Waals surface area contributed by atoms with Crippen molar-refractivity contribution in [1.29, 1.82) is 0 Å². The van der Waals surface area contributed by atoms with Gasteiger partial charge in [0.1, 0.15) is 6.54 Å². The Morgan fingerprint density at radius 1 is 0.846 bits per heavy atom. The van der Waals surface area contributed by atoms with Crippen molar-refractivity contribution in [3.05, 3.63) is 30.1 Å². The summed E-state index contributed by atoms with van der Waals surface area (Å²) >= 11 is 0. The first kappa shape index (κ1) is 22.7. The highest BCUT2D eigenvalue weighted by molar-refractivity contribution is 5.97. The van der Waals surface area contributed by atoms with Crippen LogP contribution in [0.2, 0.25) is 0 Å². The van der Waals surface area contributed by atoms with Crippen molar-refractivity contribution in [2.24, 2.45) is 5.16 Å². The van der Waals surface area contributed by atoms with Crippen molar-refractivity contribution in [3.8, 4) is 0 Å². The van der Waals surface area contributed by atoms with E-state index < -0.39 is 0 Å². The predicted octanol–water partition coefficient (Wildman–Crippen LogP) is 6.65. The first-order valence-electron chi connectivity index (χ1n) is 11.0. The van der Waals surface area contributed by atoms with E-state index in [4.69, 9.17) is 5.21 Å². The van der Waals surface area contributed by atoms with E-state index in [1.807, 2.05) is 19.1 Å². The number of hydrogen-bond acceptors (Lipinski definition) is 2.